The molecule has 4 aromatic rings. The first-order chi connectivity index (χ1) is 15.0. The van der Waals surface area contributed by atoms with Crippen LogP contribution in [0.25, 0.3) is 5.78 Å². The van der Waals surface area contributed by atoms with Crippen molar-refractivity contribution in [3.8, 4) is 0 Å². The van der Waals surface area contributed by atoms with Gasteiger partial charge in [-0.3, -0.25) is 14.7 Å². The average molecular weight is 420 g/mol. The Morgan fingerprint density at radius 1 is 1.10 bits per heavy atom. The zero-order valence-corrected chi connectivity index (χ0v) is 16.9. The highest BCUT2D eigenvalue weighted by atomic mass is 19.1. The maximum atomic E-state index is 13.7. The number of carbonyl (C=O) groups excluding carboxylic acids is 1. The van der Waals surface area contributed by atoms with Crippen molar-refractivity contribution in [3.63, 3.8) is 0 Å². The summed E-state index contributed by atoms with van der Waals surface area (Å²) in [5.41, 5.74) is 1.77. The van der Waals surface area contributed by atoms with Crippen LogP contribution in [0.4, 0.5) is 16.0 Å². The van der Waals surface area contributed by atoms with E-state index in [0.717, 1.165) is 5.56 Å². The molecule has 2 aromatic carbocycles. The van der Waals surface area contributed by atoms with Crippen LogP contribution in [0, 0.1) is 12.7 Å². The van der Waals surface area contributed by atoms with Gasteiger partial charge >= 0.3 is 0 Å². The third-order valence-corrected chi connectivity index (χ3v) is 4.85. The number of carbonyl (C=O) groups is 1. The van der Waals surface area contributed by atoms with Gasteiger partial charge in [-0.25, -0.2) is 9.37 Å². The molecule has 0 spiro atoms. The Kier molecular flexibility index (Phi) is 5.74. The van der Waals surface area contributed by atoms with E-state index in [-0.39, 0.29) is 35.8 Å². The zero-order valence-electron chi connectivity index (χ0n) is 16.9. The molecule has 4 rings (SSSR count). The Labute approximate surface area is 177 Å². The third-order valence-electron chi connectivity index (χ3n) is 4.85. The summed E-state index contributed by atoms with van der Waals surface area (Å²) < 4.78 is 14.9. The Bertz CT molecular complexity index is 1280. The topological polar surface area (TPSA) is 104 Å². The summed E-state index contributed by atoms with van der Waals surface area (Å²) >= 11 is 0. The number of H-pyrrole nitrogens is 1. The summed E-state index contributed by atoms with van der Waals surface area (Å²) in [6, 6.07) is 15.7. The van der Waals surface area contributed by atoms with Crippen LogP contribution in [0.5, 0.6) is 0 Å². The van der Waals surface area contributed by atoms with Crippen LogP contribution in [-0.4, -0.2) is 25.5 Å². The number of aromatic nitrogens is 4. The van der Waals surface area contributed by atoms with E-state index in [2.05, 4.69) is 25.7 Å². The predicted octanol–water partition coefficient (Wildman–Crippen LogP) is 3.05. The van der Waals surface area contributed by atoms with Crippen molar-refractivity contribution in [2.24, 2.45) is 0 Å². The van der Waals surface area contributed by atoms with Gasteiger partial charge in [0.1, 0.15) is 5.82 Å². The molecule has 9 heteroatoms. The smallest absolute Gasteiger partial charge is 0.277 e. The SMILES string of the molecule is Cc1nc2nc(NCc3ccccc3)[nH]n2c(=O)c1CCC(=O)Nc1ccccc1F. The Balaban J connectivity index is 1.47. The van der Waals surface area contributed by atoms with Crippen molar-refractivity contribution in [3.05, 3.63) is 87.6 Å². The Morgan fingerprint density at radius 2 is 1.84 bits per heavy atom. The van der Waals surface area contributed by atoms with Gasteiger partial charge in [-0.15, -0.1) is 0 Å². The van der Waals surface area contributed by atoms with Gasteiger partial charge in [0.25, 0.3) is 11.3 Å². The molecule has 31 heavy (non-hydrogen) atoms. The maximum Gasteiger partial charge on any atom is 0.277 e. The van der Waals surface area contributed by atoms with Crippen molar-refractivity contribution in [2.75, 3.05) is 10.6 Å². The van der Waals surface area contributed by atoms with Gasteiger partial charge in [0, 0.05) is 18.5 Å². The number of nitrogens with one attached hydrogen (secondary N) is 3. The van der Waals surface area contributed by atoms with Crippen LogP contribution >= 0.6 is 0 Å². The Hall–Kier alpha value is -4.01. The van der Waals surface area contributed by atoms with Crippen molar-refractivity contribution < 1.29 is 9.18 Å². The summed E-state index contributed by atoms with van der Waals surface area (Å²) in [7, 11) is 0. The summed E-state index contributed by atoms with van der Waals surface area (Å²) in [6.45, 7) is 2.24. The standard InChI is InChI=1S/C22H21FN6O2/c1-14-16(11-12-19(30)26-18-10-6-5-9-17(18)23)20(31)29-22(25-14)27-21(28-29)24-13-15-7-3-2-4-8-15/h2-10H,11-13H2,1H3,(H,26,30)(H2,24,25,27,28). The van der Waals surface area contributed by atoms with Gasteiger partial charge in [-0.05, 0) is 31.0 Å². The minimum absolute atomic E-state index is 0.0193. The number of anilines is 2. The largest absolute Gasteiger partial charge is 0.351 e. The van der Waals surface area contributed by atoms with Crippen LogP contribution in [0.3, 0.4) is 0 Å². The number of nitrogens with zero attached hydrogens (tertiary/aromatic N) is 3. The molecule has 0 aliphatic carbocycles. The fourth-order valence-electron chi connectivity index (χ4n) is 3.22. The van der Waals surface area contributed by atoms with E-state index in [9.17, 15) is 14.0 Å². The summed E-state index contributed by atoms with van der Waals surface area (Å²) in [6.07, 6.45) is 0.193. The van der Waals surface area contributed by atoms with Gasteiger partial charge in [0.2, 0.25) is 11.9 Å². The molecular weight excluding hydrogens is 399 g/mol. The van der Waals surface area contributed by atoms with Crippen molar-refractivity contribution in [1.29, 1.82) is 0 Å². The summed E-state index contributed by atoms with van der Waals surface area (Å²) in [4.78, 5) is 33.8. The van der Waals surface area contributed by atoms with Crippen LogP contribution in [-0.2, 0) is 17.8 Å². The lowest BCUT2D eigenvalue weighted by molar-refractivity contribution is -0.116. The molecule has 1 amide bonds. The highest BCUT2D eigenvalue weighted by Crippen LogP contribution is 2.14. The zero-order chi connectivity index (χ0) is 21.8. The van der Waals surface area contributed by atoms with Gasteiger partial charge in [0.15, 0.2) is 0 Å². The number of rotatable bonds is 7. The molecule has 0 aliphatic heterocycles. The van der Waals surface area contributed by atoms with E-state index < -0.39 is 5.82 Å². The lowest BCUT2D eigenvalue weighted by Crippen LogP contribution is -2.23. The first kappa shape index (κ1) is 20.3. The lowest BCUT2D eigenvalue weighted by Gasteiger charge is -2.07. The average Bonchev–Trinajstić information content (AvgIpc) is 3.17. The minimum Gasteiger partial charge on any atom is -0.351 e. The van der Waals surface area contributed by atoms with Gasteiger partial charge < -0.3 is 10.6 Å². The van der Waals surface area contributed by atoms with Gasteiger partial charge in [-0.2, -0.15) is 9.50 Å². The second-order valence-corrected chi connectivity index (χ2v) is 7.06. The fraction of sp³-hybridized carbons (Fsp3) is 0.182. The number of aryl methyl sites for hydroxylation is 1. The van der Waals surface area contributed by atoms with Crippen molar-refractivity contribution in [1.82, 2.24) is 19.6 Å². The fourth-order valence-corrected chi connectivity index (χ4v) is 3.22. The number of hydrogen-bond acceptors (Lipinski definition) is 5. The predicted molar refractivity (Wildman–Crippen MR) is 115 cm³/mol. The molecular formula is C22H21FN6O2. The molecule has 0 unspecified atom stereocenters. The third kappa shape index (κ3) is 4.61. The minimum atomic E-state index is -0.511. The molecule has 2 heterocycles. The molecule has 0 atom stereocenters. The molecule has 0 aliphatic rings. The second kappa shape index (κ2) is 8.78. The van der Waals surface area contributed by atoms with E-state index in [1.165, 1.54) is 16.6 Å². The first-order valence-corrected chi connectivity index (χ1v) is 9.81. The maximum absolute atomic E-state index is 13.7. The first-order valence-electron chi connectivity index (χ1n) is 9.81. The van der Waals surface area contributed by atoms with E-state index in [1.807, 2.05) is 30.3 Å². The molecule has 3 N–H and O–H groups in total. The van der Waals surface area contributed by atoms with Gasteiger partial charge in [-0.1, -0.05) is 42.5 Å². The number of hydrogen-bond donors (Lipinski definition) is 3. The molecule has 0 radical (unpaired) electrons. The molecule has 8 nitrogen and oxygen atoms in total. The second-order valence-electron chi connectivity index (χ2n) is 7.06. The number of aromatic amines is 1. The van der Waals surface area contributed by atoms with Crippen molar-refractivity contribution in [2.45, 2.75) is 26.3 Å². The summed E-state index contributed by atoms with van der Waals surface area (Å²) in [5, 5.41) is 8.56. The van der Waals surface area contributed by atoms with E-state index in [1.54, 1.807) is 19.1 Å². The molecule has 0 saturated carbocycles. The number of benzene rings is 2. The van der Waals surface area contributed by atoms with Crippen LogP contribution in [0.1, 0.15) is 23.2 Å². The van der Waals surface area contributed by atoms with Gasteiger partial charge in [0.05, 0.1) is 11.4 Å². The highest BCUT2D eigenvalue weighted by molar-refractivity contribution is 5.90. The number of fused-ring (bicyclic) bond motifs is 1. The quantitative estimate of drug-likeness (QED) is 0.426. The summed E-state index contributed by atoms with van der Waals surface area (Å²) in [5.74, 6) is -0.230. The highest BCUT2D eigenvalue weighted by Gasteiger charge is 2.15. The number of para-hydroxylation sites is 1. The molecule has 0 saturated heterocycles. The van der Waals surface area contributed by atoms with Crippen LogP contribution in [0.2, 0.25) is 0 Å². The van der Waals surface area contributed by atoms with E-state index in [4.69, 9.17) is 0 Å². The lowest BCUT2D eigenvalue weighted by atomic mass is 10.1. The van der Waals surface area contributed by atoms with Crippen LogP contribution < -0.4 is 16.2 Å². The number of amides is 1. The molecule has 158 valence electrons. The number of halogens is 1. The van der Waals surface area contributed by atoms with Crippen molar-refractivity contribution >= 4 is 23.3 Å². The Morgan fingerprint density at radius 3 is 2.61 bits per heavy atom. The monoisotopic (exact) mass is 420 g/mol. The molecule has 0 bridgehead atoms. The normalized spacial score (nSPS) is 10.9. The molecule has 2 aromatic heterocycles. The van der Waals surface area contributed by atoms with E-state index >= 15 is 0 Å². The van der Waals surface area contributed by atoms with E-state index in [0.29, 0.717) is 23.8 Å². The molecule has 0 fully saturated rings. The van der Waals surface area contributed by atoms with Crippen LogP contribution in [0.15, 0.2) is 59.4 Å².